The van der Waals surface area contributed by atoms with Crippen LogP contribution in [-0.2, 0) is 11.3 Å². The van der Waals surface area contributed by atoms with Crippen LogP contribution in [0.15, 0.2) is 60.9 Å². The molecule has 138 valence electrons. The van der Waals surface area contributed by atoms with E-state index in [0.29, 0.717) is 35.2 Å². The lowest BCUT2D eigenvalue weighted by Gasteiger charge is -2.25. The second kappa shape index (κ2) is 7.72. The van der Waals surface area contributed by atoms with Crippen LogP contribution in [0, 0.1) is 0 Å². The van der Waals surface area contributed by atoms with Crippen molar-refractivity contribution in [2.24, 2.45) is 0 Å². The van der Waals surface area contributed by atoms with E-state index in [1.165, 1.54) is 6.20 Å². The second-order valence-electron chi connectivity index (χ2n) is 6.11. The molecule has 0 bridgehead atoms. The third kappa shape index (κ3) is 4.06. The Hall–Kier alpha value is -2.99. The van der Waals surface area contributed by atoms with Crippen molar-refractivity contribution >= 4 is 17.6 Å². The quantitative estimate of drug-likeness (QED) is 0.629. The highest BCUT2D eigenvalue weighted by Gasteiger charge is 2.22. The number of benzene rings is 2. The maximum Gasteiger partial charge on any atom is 0.341 e. The number of ether oxygens (including phenoxy) is 3. The molecule has 3 aromatic rings. The van der Waals surface area contributed by atoms with E-state index in [4.69, 9.17) is 25.8 Å². The molecular formula is C20H17ClN2O4. The van der Waals surface area contributed by atoms with Gasteiger partial charge in [-0.2, -0.15) is 5.10 Å². The first-order chi connectivity index (χ1) is 13.2. The van der Waals surface area contributed by atoms with E-state index in [1.807, 2.05) is 48.5 Å². The first kappa shape index (κ1) is 17.4. The lowest BCUT2D eigenvalue weighted by atomic mass is 10.2. The van der Waals surface area contributed by atoms with Crippen molar-refractivity contribution in [2.45, 2.75) is 12.6 Å². The van der Waals surface area contributed by atoms with Crippen LogP contribution in [0.3, 0.4) is 0 Å². The number of carbonyl (C=O) groups excluding carboxylic acids is 1. The molecule has 1 aliphatic rings. The number of aromatic nitrogens is 2. The molecule has 1 atom stereocenters. The van der Waals surface area contributed by atoms with Crippen LogP contribution in [0.5, 0.6) is 11.5 Å². The molecule has 0 fully saturated rings. The van der Waals surface area contributed by atoms with Crippen molar-refractivity contribution < 1.29 is 19.0 Å². The summed E-state index contributed by atoms with van der Waals surface area (Å²) in [6.07, 6.45) is 2.77. The van der Waals surface area contributed by atoms with Crippen LogP contribution >= 0.6 is 11.6 Å². The third-order valence-electron chi connectivity index (χ3n) is 4.13. The predicted octanol–water partition coefficient (Wildman–Crippen LogP) is 3.58. The van der Waals surface area contributed by atoms with Crippen LogP contribution < -0.4 is 9.47 Å². The first-order valence-electron chi connectivity index (χ1n) is 8.50. The molecule has 0 unspecified atom stereocenters. The Morgan fingerprint density at radius 1 is 1.19 bits per heavy atom. The van der Waals surface area contributed by atoms with Gasteiger partial charge < -0.3 is 14.2 Å². The van der Waals surface area contributed by atoms with E-state index in [0.717, 1.165) is 5.56 Å². The molecule has 2 heterocycles. The SMILES string of the molecule is O=C(OC[C@H]1COc2ccccc2O1)c1cnn(Cc2ccccc2Cl)c1. The highest BCUT2D eigenvalue weighted by Crippen LogP contribution is 2.30. The summed E-state index contributed by atoms with van der Waals surface area (Å²) < 4.78 is 18.4. The normalized spacial score (nSPS) is 15.4. The number of para-hydroxylation sites is 2. The largest absolute Gasteiger partial charge is 0.486 e. The Kier molecular flexibility index (Phi) is 4.98. The zero-order valence-electron chi connectivity index (χ0n) is 14.4. The Bertz CT molecular complexity index is 956. The van der Waals surface area contributed by atoms with Crippen molar-refractivity contribution in [3.05, 3.63) is 77.1 Å². The summed E-state index contributed by atoms with van der Waals surface area (Å²) >= 11 is 6.16. The van der Waals surface area contributed by atoms with Crippen LogP contribution in [0.2, 0.25) is 5.02 Å². The number of rotatable bonds is 5. The summed E-state index contributed by atoms with van der Waals surface area (Å²) in [5, 5.41) is 4.86. The molecule has 0 N–H and O–H groups in total. The number of halogens is 1. The van der Waals surface area contributed by atoms with Crippen molar-refractivity contribution in [1.29, 1.82) is 0 Å². The molecule has 0 saturated carbocycles. The number of carbonyl (C=O) groups is 1. The Morgan fingerprint density at radius 2 is 1.96 bits per heavy atom. The minimum absolute atomic E-state index is 0.100. The van der Waals surface area contributed by atoms with Crippen molar-refractivity contribution in [1.82, 2.24) is 9.78 Å². The molecule has 0 radical (unpaired) electrons. The monoisotopic (exact) mass is 384 g/mol. The van der Waals surface area contributed by atoms with Gasteiger partial charge in [-0.15, -0.1) is 0 Å². The van der Waals surface area contributed by atoms with Crippen molar-refractivity contribution in [3.63, 3.8) is 0 Å². The van der Waals surface area contributed by atoms with Crippen molar-refractivity contribution in [3.8, 4) is 11.5 Å². The van der Waals surface area contributed by atoms with E-state index in [-0.39, 0.29) is 12.7 Å². The van der Waals surface area contributed by atoms with Gasteiger partial charge in [0, 0.05) is 11.2 Å². The maximum absolute atomic E-state index is 12.3. The number of nitrogens with zero attached hydrogens (tertiary/aromatic N) is 2. The average Bonchev–Trinajstić information content (AvgIpc) is 3.16. The van der Waals surface area contributed by atoms with Gasteiger partial charge in [-0.05, 0) is 23.8 Å². The number of esters is 1. The molecule has 0 saturated heterocycles. The number of hydrogen-bond acceptors (Lipinski definition) is 5. The van der Waals surface area contributed by atoms with Gasteiger partial charge >= 0.3 is 5.97 Å². The predicted molar refractivity (Wildman–Crippen MR) is 99.4 cm³/mol. The maximum atomic E-state index is 12.3. The van der Waals surface area contributed by atoms with Crippen LogP contribution in [0.4, 0.5) is 0 Å². The van der Waals surface area contributed by atoms with Gasteiger partial charge in [0.2, 0.25) is 0 Å². The molecule has 1 aliphatic heterocycles. The molecule has 27 heavy (non-hydrogen) atoms. The summed E-state index contributed by atoms with van der Waals surface area (Å²) in [5.74, 6) is 0.890. The van der Waals surface area contributed by atoms with Gasteiger partial charge in [0.15, 0.2) is 17.6 Å². The summed E-state index contributed by atoms with van der Waals surface area (Å²) in [6.45, 7) is 0.905. The summed E-state index contributed by atoms with van der Waals surface area (Å²) in [5.41, 5.74) is 1.30. The van der Waals surface area contributed by atoms with Crippen LogP contribution in [0.1, 0.15) is 15.9 Å². The fourth-order valence-corrected chi connectivity index (χ4v) is 2.95. The van der Waals surface area contributed by atoms with Crippen LogP contribution in [-0.4, -0.2) is 35.1 Å². The van der Waals surface area contributed by atoms with Crippen LogP contribution in [0.25, 0.3) is 0 Å². The summed E-state index contributed by atoms with van der Waals surface area (Å²) in [7, 11) is 0. The highest BCUT2D eigenvalue weighted by molar-refractivity contribution is 6.31. The Balaban J connectivity index is 1.33. The van der Waals surface area contributed by atoms with E-state index in [2.05, 4.69) is 5.10 Å². The fraction of sp³-hybridized carbons (Fsp3) is 0.200. The van der Waals surface area contributed by atoms with E-state index < -0.39 is 5.97 Å². The van der Waals surface area contributed by atoms with Crippen molar-refractivity contribution in [2.75, 3.05) is 13.2 Å². The van der Waals surface area contributed by atoms with E-state index in [9.17, 15) is 4.79 Å². The van der Waals surface area contributed by atoms with Gasteiger partial charge in [-0.25, -0.2) is 4.79 Å². The van der Waals surface area contributed by atoms with Gasteiger partial charge in [-0.3, -0.25) is 4.68 Å². The third-order valence-corrected chi connectivity index (χ3v) is 4.50. The molecule has 7 heteroatoms. The zero-order chi connectivity index (χ0) is 18.6. The lowest BCUT2D eigenvalue weighted by Crippen LogP contribution is -2.34. The first-order valence-corrected chi connectivity index (χ1v) is 8.88. The fourth-order valence-electron chi connectivity index (χ4n) is 2.75. The molecule has 6 nitrogen and oxygen atoms in total. The average molecular weight is 385 g/mol. The van der Waals surface area contributed by atoms with Gasteiger partial charge in [0.25, 0.3) is 0 Å². The molecular weight excluding hydrogens is 368 g/mol. The minimum atomic E-state index is -0.456. The molecule has 0 aliphatic carbocycles. The zero-order valence-corrected chi connectivity index (χ0v) is 15.1. The summed E-state index contributed by atoms with van der Waals surface area (Å²) in [4.78, 5) is 12.3. The molecule has 1 aromatic heterocycles. The van der Waals surface area contributed by atoms with Gasteiger partial charge in [0.05, 0.1) is 18.3 Å². The molecule has 2 aromatic carbocycles. The number of hydrogen-bond donors (Lipinski definition) is 0. The van der Waals surface area contributed by atoms with Gasteiger partial charge in [0.1, 0.15) is 13.2 Å². The number of fused-ring (bicyclic) bond motifs is 1. The minimum Gasteiger partial charge on any atom is -0.486 e. The van der Waals surface area contributed by atoms with E-state index in [1.54, 1.807) is 10.9 Å². The topological polar surface area (TPSA) is 62.6 Å². The second-order valence-corrected chi connectivity index (χ2v) is 6.52. The van der Waals surface area contributed by atoms with E-state index >= 15 is 0 Å². The summed E-state index contributed by atoms with van der Waals surface area (Å²) in [6, 6.07) is 14.9. The Labute approximate surface area is 161 Å². The lowest BCUT2D eigenvalue weighted by molar-refractivity contribution is 0.0109. The molecule has 0 spiro atoms. The molecule has 4 rings (SSSR count). The van der Waals surface area contributed by atoms with Gasteiger partial charge in [-0.1, -0.05) is 41.9 Å². The standard InChI is InChI=1S/C20H17ClN2O4/c21-17-6-2-1-5-14(17)10-23-11-15(9-22-23)20(24)26-13-16-12-25-18-7-3-4-8-19(18)27-16/h1-9,11,16H,10,12-13H2/t16-/m1/s1. The Morgan fingerprint density at radius 3 is 2.81 bits per heavy atom. The molecule has 0 amide bonds. The highest BCUT2D eigenvalue weighted by atomic mass is 35.5. The smallest absolute Gasteiger partial charge is 0.341 e.